The van der Waals surface area contributed by atoms with Crippen LogP contribution in [0.4, 0.5) is 0 Å². The van der Waals surface area contributed by atoms with E-state index < -0.39 is 0 Å². The summed E-state index contributed by atoms with van der Waals surface area (Å²) in [6.07, 6.45) is 4.91. The van der Waals surface area contributed by atoms with E-state index in [1.807, 2.05) is 7.05 Å². The summed E-state index contributed by atoms with van der Waals surface area (Å²) in [5.41, 5.74) is 3.02. The molecule has 16 heavy (non-hydrogen) atoms. The van der Waals surface area contributed by atoms with Crippen molar-refractivity contribution in [2.45, 2.75) is 45.6 Å². The molecule has 1 N–H and O–H groups in total. The second-order valence-corrected chi connectivity index (χ2v) is 5.26. The van der Waals surface area contributed by atoms with E-state index in [0.717, 1.165) is 0 Å². The van der Waals surface area contributed by atoms with E-state index in [1.54, 1.807) is 0 Å². The highest BCUT2D eigenvalue weighted by atomic mass is 79.9. The van der Waals surface area contributed by atoms with Crippen molar-refractivity contribution < 1.29 is 0 Å². The molecule has 1 unspecified atom stereocenters. The number of aryl methyl sites for hydroxylation is 1. The van der Waals surface area contributed by atoms with Crippen LogP contribution in [-0.4, -0.2) is 13.1 Å². The van der Waals surface area contributed by atoms with Crippen molar-refractivity contribution in [1.82, 2.24) is 5.32 Å². The van der Waals surface area contributed by atoms with Gasteiger partial charge in [-0.2, -0.15) is 0 Å². The van der Waals surface area contributed by atoms with Crippen LogP contribution >= 0.6 is 15.9 Å². The van der Waals surface area contributed by atoms with Gasteiger partial charge in [-0.25, -0.2) is 0 Å². The first kappa shape index (κ1) is 13.7. The molecule has 1 nitrogen and oxygen atoms in total. The van der Waals surface area contributed by atoms with Gasteiger partial charge >= 0.3 is 0 Å². The summed E-state index contributed by atoms with van der Waals surface area (Å²) in [4.78, 5) is 0. The van der Waals surface area contributed by atoms with Gasteiger partial charge in [-0.05, 0) is 49.6 Å². The Morgan fingerprint density at radius 3 is 2.62 bits per heavy atom. The van der Waals surface area contributed by atoms with Gasteiger partial charge in [0.2, 0.25) is 0 Å². The van der Waals surface area contributed by atoms with Gasteiger partial charge in [-0.3, -0.25) is 0 Å². The van der Waals surface area contributed by atoms with Crippen LogP contribution < -0.4 is 5.32 Å². The van der Waals surface area contributed by atoms with E-state index >= 15 is 0 Å². The molecule has 90 valence electrons. The molecule has 0 spiro atoms. The third-order valence-electron chi connectivity index (χ3n) is 2.81. The lowest BCUT2D eigenvalue weighted by atomic mass is 9.88. The molecule has 0 heterocycles. The molecular formula is C14H22BrN. The smallest absolute Gasteiger partial charge is 0.0178 e. The highest BCUT2D eigenvalue weighted by Gasteiger charge is 2.16. The molecule has 0 amide bonds. The molecule has 2 rings (SSSR count). The van der Waals surface area contributed by atoms with Crippen LogP contribution in [0.1, 0.15) is 37.8 Å². The summed E-state index contributed by atoms with van der Waals surface area (Å²) in [5, 5.41) is 3.35. The molecule has 0 aromatic heterocycles. The Labute approximate surface area is 108 Å². The number of rotatable bonds is 1. The number of fused-ring (bicyclic) bond motifs is 1. The van der Waals surface area contributed by atoms with Crippen molar-refractivity contribution in [1.29, 1.82) is 0 Å². The van der Waals surface area contributed by atoms with Crippen molar-refractivity contribution in [2.24, 2.45) is 0 Å². The van der Waals surface area contributed by atoms with Crippen molar-refractivity contribution in [3.63, 3.8) is 0 Å². The van der Waals surface area contributed by atoms with E-state index in [-0.39, 0.29) is 0 Å². The zero-order chi connectivity index (χ0) is 12.0. The predicted octanol–water partition coefficient (Wildman–Crippen LogP) is 3.94. The molecule has 2 heteroatoms. The standard InChI is InChI=1S/C11H14BrN.C3H8/c1-13-11-5-3-8-2-4-10(12)6-9(8)7-11;1-3-2/h2,4,6,11,13H,3,5,7H2,1H3;3H2,1-2H3. The van der Waals surface area contributed by atoms with Crippen molar-refractivity contribution in [3.05, 3.63) is 33.8 Å². The van der Waals surface area contributed by atoms with Crippen molar-refractivity contribution >= 4 is 15.9 Å². The fourth-order valence-electron chi connectivity index (χ4n) is 1.97. The Balaban J connectivity index is 0.000000386. The van der Waals surface area contributed by atoms with Crippen LogP contribution in [0.15, 0.2) is 22.7 Å². The first-order chi connectivity index (χ1) is 7.71. The molecule has 0 bridgehead atoms. The molecule has 1 aliphatic rings. The molecule has 0 aliphatic heterocycles. The van der Waals surface area contributed by atoms with Gasteiger partial charge in [-0.1, -0.05) is 42.3 Å². The average Bonchev–Trinajstić information content (AvgIpc) is 2.29. The minimum Gasteiger partial charge on any atom is -0.317 e. The van der Waals surface area contributed by atoms with Crippen LogP contribution in [0.3, 0.4) is 0 Å². The Morgan fingerprint density at radius 2 is 2.00 bits per heavy atom. The van der Waals surface area contributed by atoms with Crippen LogP contribution in [0, 0.1) is 0 Å². The largest absolute Gasteiger partial charge is 0.317 e. The topological polar surface area (TPSA) is 12.0 Å². The van der Waals surface area contributed by atoms with Gasteiger partial charge in [0, 0.05) is 10.5 Å². The van der Waals surface area contributed by atoms with Crippen LogP contribution in [0.2, 0.25) is 0 Å². The summed E-state index contributed by atoms with van der Waals surface area (Å²) in [5.74, 6) is 0. The van der Waals surface area contributed by atoms with Gasteiger partial charge in [0.1, 0.15) is 0 Å². The first-order valence-corrected chi connectivity index (χ1v) is 6.95. The molecule has 1 aromatic carbocycles. The Kier molecular flexibility index (Phi) is 6.07. The lowest BCUT2D eigenvalue weighted by molar-refractivity contribution is 0.496. The molecule has 1 atom stereocenters. The Morgan fingerprint density at radius 1 is 1.31 bits per heavy atom. The number of nitrogens with one attached hydrogen (secondary N) is 1. The SMILES string of the molecule is CCC.CNC1CCc2ccc(Br)cc2C1. The molecule has 0 saturated carbocycles. The maximum atomic E-state index is 3.51. The van der Waals surface area contributed by atoms with Gasteiger partial charge in [0.15, 0.2) is 0 Å². The molecule has 0 fully saturated rings. The molecule has 1 aromatic rings. The number of likely N-dealkylation sites (N-methyl/N-ethyl adjacent to an activating group) is 1. The third-order valence-corrected chi connectivity index (χ3v) is 3.30. The van der Waals surface area contributed by atoms with Gasteiger partial charge < -0.3 is 5.32 Å². The van der Waals surface area contributed by atoms with E-state index in [0.29, 0.717) is 6.04 Å². The maximum absolute atomic E-state index is 3.51. The zero-order valence-corrected chi connectivity index (χ0v) is 12.1. The van der Waals surface area contributed by atoms with Gasteiger partial charge in [0.05, 0.1) is 0 Å². The maximum Gasteiger partial charge on any atom is 0.0178 e. The minimum atomic E-state index is 0.668. The van der Waals surface area contributed by atoms with Crippen molar-refractivity contribution in [2.75, 3.05) is 7.05 Å². The fourth-order valence-corrected chi connectivity index (χ4v) is 2.38. The normalized spacial score (nSPS) is 18.4. The Bertz CT molecular complexity index is 323. The average molecular weight is 284 g/mol. The first-order valence-electron chi connectivity index (χ1n) is 6.15. The number of hydrogen-bond donors (Lipinski definition) is 1. The fraction of sp³-hybridized carbons (Fsp3) is 0.571. The quantitative estimate of drug-likeness (QED) is 0.823. The third kappa shape index (κ3) is 3.91. The highest BCUT2D eigenvalue weighted by molar-refractivity contribution is 9.10. The van der Waals surface area contributed by atoms with E-state index in [9.17, 15) is 0 Å². The van der Waals surface area contributed by atoms with Crippen molar-refractivity contribution in [3.8, 4) is 0 Å². The van der Waals surface area contributed by atoms with E-state index in [2.05, 4.69) is 53.3 Å². The second-order valence-electron chi connectivity index (χ2n) is 4.35. The molecular weight excluding hydrogens is 262 g/mol. The van der Waals surface area contributed by atoms with Gasteiger partial charge in [0.25, 0.3) is 0 Å². The monoisotopic (exact) mass is 283 g/mol. The van der Waals surface area contributed by atoms with E-state index in [4.69, 9.17) is 0 Å². The molecule has 1 aliphatic carbocycles. The summed E-state index contributed by atoms with van der Waals surface area (Å²) in [7, 11) is 2.05. The second kappa shape index (κ2) is 7.08. The molecule has 0 radical (unpaired) electrons. The lowest BCUT2D eigenvalue weighted by Crippen LogP contribution is -2.31. The van der Waals surface area contributed by atoms with Crippen LogP contribution in [-0.2, 0) is 12.8 Å². The number of benzene rings is 1. The molecule has 0 saturated heterocycles. The summed E-state index contributed by atoms with van der Waals surface area (Å²) in [6.45, 7) is 4.25. The Hall–Kier alpha value is -0.340. The predicted molar refractivity (Wildman–Crippen MR) is 75.0 cm³/mol. The number of halogens is 1. The lowest BCUT2D eigenvalue weighted by Gasteiger charge is -2.24. The zero-order valence-electron chi connectivity index (χ0n) is 10.5. The van der Waals surface area contributed by atoms with Crippen LogP contribution in [0.25, 0.3) is 0 Å². The van der Waals surface area contributed by atoms with Crippen LogP contribution in [0.5, 0.6) is 0 Å². The van der Waals surface area contributed by atoms with Gasteiger partial charge in [-0.15, -0.1) is 0 Å². The highest BCUT2D eigenvalue weighted by Crippen LogP contribution is 2.24. The number of hydrogen-bond acceptors (Lipinski definition) is 1. The summed E-state index contributed by atoms with van der Waals surface area (Å²) >= 11 is 3.51. The summed E-state index contributed by atoms with van der Waals surface area (Å²) < 4.78 is 1.20. The summed E-state index contributed by atoms with van der Waals surface area (Å²) in [6, 6.07) is 7.30. The minimum absolute atomic E-state index is 0.668. The van der Waals surface area contributed by atoms with E-state index in [1.165, 1.54) is 41.3 Å².